The quantitative estimate of drug-likeness (QED) is 0.159. The molecule has 0 saturated heterocycles. The van der Waals surface area contributed by atoms with Crippen molar-refractivity contribution in [3.63, 3.8) is 0 Å². The molecule has 0 radical (unpaired) electrons. The minimum absolute atomic E-state index is 0.436. The zero-order valence-corrected chi connectivity index (χ0v) is 34.5. The zero-order valence-electron chi connectivity index (χ0n) is 34.5. The van der Waals surface area contributed by atoms with Crippen molar-refractivity contribution in [2.24, 2.45) is 0 Å². The minimum Gasteiger partial charge on any atom is -0.309 e. The maximum absolute atomic E-state index is 2.46. The second-order valence-corrected chi connectivity index (χ2v) is 16.8. The molecule has 0 amide bonds. The topological polar surface area (TPSA) is 9.86 Å². The van der Waals surface area contributed by atoms with E-state index in [1.54, 1.807) is 0 Å². The molecule has 63 heavy (non-hydrogen) atoms. The summed E-state index contributed by atoms with van der Waals surface area (Å²) in [6.07, 6.45) is 0. The van der Waals surface area contributed by atoms with Crippen LogP contribution in [-0.4, -0.2) is 9.13 Å². The first-order chi connectivity index (χ1) is 31.3. The van der Waals surface area contributed by atoms with E-state index in [9.17, 15) is 0 Å². The highest BCUT2D eigenvalue weighted by atomic mass is 15.0. The van der Waals surface area contributed by atoms with Gasteiger partial charge in [0.25, 0.3) is 0 Å². The van der Waals surface area contributed by atoms with E-state index in [0.29, 0.717) is 0 Å². The van der Waals surface area contributed by atoms with Gasteiger partial charge in [0.15, 0.2) is 0 Å². The average molecular weight is 801 g/mol. The lowest BCUT2D eigenvalue weighted by Gasteiger charge is -2.33. The van der Waals surface area contributed by atoms with Crippen molar-refractivity contribution in [1.29, 1.82) is 0 Å². The molecule has 0 unspecified atom stereocenters. The summed E-state index contributed by atoms with van der Waals surface area (Å²) in [5.74, 6) is 0. The van der Waals surface area contributed by atoms with Gasteiger partial charge in [-0.1, -0.05) is 182 Å². The third kappa shape index (κ3) is 5.25. The van der Waals surface area contributed by atoms with Crippen molar-refractivity contribution in [2.45, 2.75) is 5.41 Å². The fourth-order valence-corrected chi connectivity index (χ4v) is 10.9. The lowest BCUT2D eigenvalue weighted by atomic mass is 9.68. The third-order valence-electron chi connectivity index (χ3n) is 13.6. The summed E-state index contributed by atoms with van der Waals surface area (Å²) in [4.78, 5) is 0. The van der Waals surface area contributed by atoms with Gasteiger partial charge >= 0.3 is 0 Å². The van der Waals surface area contributed by atoms with Crippen molar-refractivity contribution < 1.29 is 0 Å². The molecule has 13 rings (SSSR count). The Morgan fingerprint density at radius 1 is 0.254 bits per heavy atom. The largest absolute Gasteiger partial charge is 0.309 e. The number of aromatic nitrogens is 2. The van der Waals surface area contributed by atoms with E-state index in [-0.39, 0.29) is 0 Å². The lowest BCUT2D eigenvalue weighted by Crippen LogP contribution is -2.28. The van der Waals surface area contributed by atoms with Gasteiger partial charge in [-0.25, -0.2) is 0 Å². The van der Waals surface area contributed by atoms with Gasteiger partial charge in [-0.2, -0.15) is 0 Å². The Kier molecular flexibility index (Phi) is 7.85. The number of hydrogen-bond acceptors (Lipinski definition) is 0. The van der Waals surface area contributed by atoms with Crippen LogP contribution in [0.25, 0.3) is 88.4 Å². The second kappa shape index (κ2) is 13.9. The van der Waals surface area contributed by atoms with E-state index in [2.05, 4.69) is 252 Å². The van der Waals surface area contributed by atoms with E-state index in [4.69, 9.17) is 0 Å². The maximum Gasteiger partial charge on any atom is 0.0713 e. The first-order valence-electron chi connectivity index (χ1n) is 21.8. The molecule has 294 valence electrons. The Balaban J connectivity index is 1.02. The Hall–Kier alpha value is -8.20. The van der Waals surface area contributed by atoms with E-state index >= 15 is 0 Å². The third-order valence-corrected chi connectivity index (χ3v) is 13.6. The highest BCUT2D eigenvalue weighted by Crippen LogP contribution is 2.56. The summed E-state index contributed by atoms with van der Waals surface area (Å²) in [5, 5.41) is 4.94. The first kappa shape index (κ1) is 35.5. The van der Waals surface area contributed by atoms with Crippen LogP contribution >= 0.6 is 0 Å². The van der Waals surface area contributed by atoms with Gasteiger partial charge in [0, 0.05) is 32.9 Å². The predicted molar refractivity (Wildman–Crippen MR) is 263 cm³/mol. The van der Waals surface area contributed by atoms with Crippen LogP contribution in [-0.2, 0) is 5.41 Å². The van der Waals surface area contributed by atoms with Gasteiger partial charge in [0.2, 0.25) is 0 Å². The summed E-state index contributed by atoms with van der Waals surface area (Å²) < 4.78 is 4.92. The molecule has 0 spiro atoms. The molecule has 2 nitrogen and oxygen atoms in total. The molecular formula is C61H40N2. The normalized spacial score (nSPS) is 12.9. The number of benzene rings is 10. The highest BCUT2D eigenvalue weighted by molar-refractivity contribution is 6.13. The van der Waals surface area contributed by atoms with Gasteiger partial charge in [-0.3, -0.25) is 0 Å². The maximum atomic E-state index is 2.46. The van der Waals surface area contributed by atoms with Crippen molar-refractivity contribution in [2.75, 3.05) is 0 Å². The second-order valence-electron chi connectivity index (χ2n) is 16.8. The van der Waals surface area contributed by atoms with Crippen LogP contribution in [0.3, 0.4) is 0 Å². The molecule has 10 aromatic carbocycles. The highest BCUT2D eigenvalue weighted by Gasteiger charge is 2.46. The Morgan fingerprint density at radius 3 is 1.29 bits per heavy atom. The van der Waals surface area contributed by atoms with Crippen LogP contribution in [0, 0.1) is 0 Å². The summed E-state index contributed by atoms with van der Waals surface area (Å²) in [6.45, 7) is 0. The monoisotopic (exact) mass is 800 g/mol. The van der Waals surface area contributed by atoms with Crippen LogP contribution in [0.5, 0.6) is 0 Å². The molecule has 0 aliphatic heterocycles. The fourth-order valence-electron chi connectivity index (χ4n) is 10.9. The van der Waals surface area contributed by atoms with Crippen molar-refractivity contribution in [3.8, 4) is 44.8 Å². The van der Waals surface area contributed by atoms with Gasteiger partial charge in [0.1, 0.15) is 0 Å². The molecule has 1 aliphatic rings. The molecule has 12 aromatic rings. The number of fused-ring (bicyclic) bond motifs is 9. The van der Waals surface area contributed by atoms with E-state index < -0.39 is 5.41 Å². The van der Waals surface area contributed by atoms with E-state index in [0.717, 1.165) is 11.4 Å². The van der Waals surface area contributed by atoms with Crippen LogP contribution in [0.15, 0.2) is 243 Å². The molecule has 0 saturated carbocycles. The molecule has 2 aromatic heterocycles. The average Bonchev–Trinajstić information content (AvgIpc) is 3.98. The van der Waals surface area contributed by atoms with Gasteiger partial charge < -0.3 is 9.13 Å². The Bertz CT molecular complexity index is 3570. The van der Waals surface area contributed by atoms with E-state index in [1.807, 2.05) is 0 Å². The molecule has 0 fully saturated rings. The van der Waals surface area contributed by atoms with Gasteiger partial charge in [-0.15, -0.1) is 0 Å². The molecule has 1 aliphatic carbocycles. The Morgan fingerprint density at radius 2 is 0.683 bits per heavy atom. The predicted octanol–water partition coefficient (Wildman–Crippen LogP) is 15.6. The van der Waals surface area contributed by atoms with E-state index in [1.165, 1.54) is 99.2 Å². The fraction of sp³-hybridized carbons (Fsp3) is 0.0164. The number of para-hydroxylation sites is 1. The Labute approximate surface area is 366 Å². The minimum atomic E-state index is -0.436. The standard InChI is InChI=1S/C61H40N2/c1-5-17-41(18-6-1)43-29-34-58-52(37-43)53-38-44(42-19-7-2-8-20-42)30-35-59(53)63(58)48-32-36-60-54(40-48)50-26-14-16-28-57(50)62(60)47-31-33-56-51(39-47)49-25-13-15-27-55(49)61(56,45-21-9-3-10-22-45)46-23-11-4-12-24-46/h1-40H. The van der Waals surface area contributed by atoms with Gasteiger partial charge in [0.05, 0.1) is 27.5 Å². The molecule has 0 atom stereocenters. The van der Waals surface area contributed by atoms with Crippen LogP contribution < -0.4 is 0 Å². The summed E-state index contributed by atoms with van der Waals surface area (Å²) in [6, 6.07) is 89.5. The first-order valence-corrected chi connectivity index (χ1v) is 21.8. The van der Waals surface area contributed by atoms with Crippen LogP contribution in [0.4, 0.5) is 0 Å². The van der Waals surface area contributed by atoms with Crippen molar-refractivity contribution >= 4 is 43.6 Å². The molecular weight excluding hydrogens is 761 g/mol. The molecule has 0 bridgehead atoms. The summed E-state index contributed by atoms with van der Waals surface area (Å²) in [7, 11) is 0. The lowest BCUT2D eigenvalue weighted by molar-refractivity contribution is 0.768. The molecule has 0 N–H and O–H groups in total. The van der Waals surface area contributed by atoms with Crippen LogP contribution in [0.2, 0.25) is 0 Å². The van der Waals surface area contributed by atoms with Crippen molar-refractivity contribution in [3.05, 3.63) is 265 Å². The number of hydrogen-bond donors (Lipinski definition) is 0. The smallest absolute Gasteiger partial charge is 0.0713 e. The SMILES string of the molecule is c1ccc(-c2ccc3c(c2)c2cc(-c4ccccc4)ccc2n3-c2ccc3c(c2)c2ccccc2n3-c2ccc3c(c2)-c2ccccc2C3(c2ccccc2)c2ccccc2)cc1. The number of rotatable bonds is 6. The van der Waals surface area contributed by atoms with Crippen LogP contribution in [0.1, 0.15) is 22.3 Å². The van der Waals surface area contributed by atoms with Crippen molar-refractivity contribution in [1.82, 2.24) is 9.13 Å². The summed E-state index contributed by atoms with van der Waals surface area (Å²) >= 11 is 0. The summed E-state index contributed by atoms with van der Waals surface area (Å²) in [5.41, 5.74) is 19.2. The molecule has 2 heteroatoms. The van der Waals surface area contributed by atoms with Gasteiger partial charge in [-0.05, 0) is 116 Å². The zero-order chi connectivity index (χ0) is 41.5. The molecule has 2 heterocycles. The number of nitrogens with zero attached hydrogens (tertiary/aromatic N) is 2.